The molecule has 0 radical (unpaired) electrons. The predicted molar refractivity (Wildman–Crippen MR) is 44.6 cm³/mol. The van der Waals surface area contributed by atoms with Crippen LogP contribution in [0.1, 0.15) is 6.42 Å². The fourth-order valence-electron chi connectivity index (χ4n) is 0.454. The summed E-state index contributed by atoms with van der Waals surface area (Å²) in [5, 5.41) is 7.58. The van der Waals surface area contributed by atoms with E-state index in [9.17, 15) is 9.59 Å². The van der Waals surface area contributed by atoms with E-state index in [-0.39, 0.29) is 6.42 Å². The molecule has 0 aromatic heterocycles. The molecule has 0 aromatic rings. The number of hydrogen-bond acceptors (Lipinski definition) is 5. The van der Waals surface area contributed by atoms with Crippen LogP contribution in [-0.2, 0) is 14.3 Å². The first-order valence-corrected chi connectivity index (χ1v) is 4.64. The summed E-state index contributed by atoms with van der Waals surface area (Å²) in [5.74, 6) is -1.60. The highest BCUT2D eigenvalue weighted by atomic mass is 33.1. The topological polar surface area (TPSA) is 63.6 Å². The zero-order valence-electron chi connectivity index (χ0n) is 5.81. The quantitative estimate of drug-likeness (QED) is 0.391. The van der Waals surface area contributed by atoms with Crippen LogP contribution in [0.25, 0.3) is 0 Å². The zero-order valence-corrected chi connectivity index (χ0v) is 7.52. The van der Waals surface area contributed by atoms with Gasteiger partial charge in [-0.2, -0.15) is 0 Å². The second kappa shape index (κ2) is 5.31. The highest BCUT2D eigenvalue weighted by molar-refractivity contribution is 8.69. The van der Waals surface area contributed by atoms with Crippen LogP contribution in [0.4, 0.5) is 0 Å². The molecule has 0 aromatic carbocycles. The smallest absolute Gasteiger partial charge is 0.320 e. The van der Waals surface area contributed by atoms with Gasteiger partial charge >= 0.3 is 11.9 Å². The number of methoxy groups -OCH3 is 1. The molecular formula is C5H8O4S2. The van der Waals surface area contributed by atoms with Crippen molar-refractivity contribution in [2.75, 3.05) is 7.11 Å². The molecule has 0 spiro atoms. The highest BCUT2D eigenvalue weighted by Gasteiger charge is 2.21. The van der Waals surface area contributed by atoms with Crippen molar-refractivity contribution in [2.45, 2.75) is 11.7 Å². The average molecular weight is 196 g/mol. The van der Waals surface area contributed by atoms with Crippen LogP contribution in [0.5, 0.6) is 0 Å². The Labute approximate surface area is 73.1 Å². The molecule has 0 aliphatic heterocycles. The van der Waals surface area contributed by atoms with Crippen LogP contribution < -0.4 is 0 Å². The molecule has 1 atom stereocenters. The Morgan fingerprint density at radius 1 is 1.73 bits per heavy atom. The van der Waals surface area contributed by atoms with Gasteiger partial charge in [0.05, 0.1) is 13.5 Å². The van der Waals surface area contributed by atoms with E-state index >= 15 is 0 Å². The second-order valence-corrected chi connectivity index (χ2v) is 3.13. The van der Waals surface area contributed by atoms with Crippen LogP contribution in [-0.4, -0.2) is 29.4 Å². The standard InChI is InChI=1S/C5H8O4S2/c1-9-5(8)3(11-10)2-4(6)7/h3,10H,2H2,1H3,(H,6,7). The van der Waals surface area contributed by atoms with Crippen LogP contribution >= 0.6 is 22.5 Å². The van der Waals surface area contributed by atoms with Gasteiger partial charge in [-0.25, -0.2) is 0 Å². The number of thiol groups is 1. The van der Waals surface area contributed by atoms with Crippen molar-refractivity contribution in [2.24, 2.45) is 0 Å². The summed E-state index contributed by atoms with van der Waals surface area (Å²) in [7, 11) is 2.08. The molecule has 1 unspecified atom stereocenters. The van der Waals surface area contributed by atoms with Gasteiger partial charge in [0.25, 0.3) is 0 Å². The molecular weight excluding hydrogens is 188 g/mol. The van der Waals surface area contributed by atoms with E-state index in [0.29, 0.717) is 0 Å². The van der Waals surface area contributed by atoms with E-state index in [4.69, 9.17) is 5.11 Å². The van der Waals surface area contributed by atoms with Crippen molar-refractivity contribution in [3.05, 3.63) is 0 Å². The average Bonchev–Trinajstić information content (AvgIpc) is 1.98. The zero-order chi connectivity index (χ0) is 8.85. The Bertz CT molecular complexity index is 159. The number of carbonyl (C=O) groups is 2. The summed E-state index contributed by atoms with van der Waals surface area (Å²) >= 11 is 3.74. The molecule has 6 heteroatoms. The number of carboxylic acid groups (broad SMARTS) is 1. The fraction of sp³-hybridized carbons (Fsp3) is 0.600. The highest BCUT2D eigenvalue weighted by Crippen LogP contribution is 2.19. The van der Waals surface area contributed by atoms with Gasteiger partial charge in [0, 0.05) is 0 Å². The van der Waals surface area contributed by atoms with E-state index in [1.807, 2.05) is 0 Å². The predicted octanol–water partition coefficient (Wildman–Crippen LogP) is 0.581. The van der Waals surface area contributed by atoms with Gasteiger partial charge in [0.15, 0.2) is 0 Å². The minimum absolute atomic E-state index is 0.263. The van der Waals surface area contributed by atoms with Crippen LogP contribution in [0.2, 0.25) is 0 Å². The number of hydrogen-bond donors (Lipinski definition) is 2. The number of ether oxygens (including phenoxy) is 1. The van der Waals surface area contributed by atoms with E-state index in [2.05, 4.69) is 16.4 Å². The van der Waals surface area contributed by atoms with E-state index in [0.717, 1.165) is 10.8 Å². The molecule has 0 saturated heterocycles. The van der Waals surface area contributed by atoms with Crippen molar-refractivity contribution in [3.8, 4) is 0 Å². The lowest BCUT2D eigenvalue weighted by Crippen LogP contribution is -2.21. The third-order valence-electron chi connectivity index (χ3n) is 0.951. The van der Waals surface area contributed by atoms with Gasteiger partial charge in [0.1, 0.15) is 5.25 Å². The summed E-state index contributed by atoms with van der Waals surface area (Å²) in [4.78, 5) is 20.9. The molecule has 0 aliphatic carbocycles. The molecule has 0 saturated carbocycles. The first-order chi connectivity index (χ1) is 5.11. The van der Waals surface area contributed by atoms with E-state index in [1.54, 1.807) is 0 Å². The van der Waals surface area contributed by atoms with Crippen LogP contribution in [0.3, 0.4) is 0 Å². The molecule has 0 bridgehead atoms. The molecule has 1 N–H and O–H groups in total. The normalized spacial score (nSPS) is 12.2. The van der Waals surface area contributed by atoms with Gasteiger partial charge in [0.2, 0.25) is 0 Å². The van der Waals surface area contributed by atoms with Gasteiger partial charge in [-0.3, -0.25) is 9.59 Å². The number of carbonyl (C=O) groups excluding carboxylic acids is 1. The van der Waals surface area contributed by atoms with Crippen LogP contribution in [0, 0.1) is 0 Å². The Kier molecular flexibility index (Phi) is 5.14. The summed E-state index contributed by atoms with van der Waals surface area (Å²) in [6, 6.07) is 0. The molecule has 0 amide bonds. The molecule has 0 heterocycles. The van der Waals surface area contributed by atoms with E-state index in [1.165, 1.54) is 7.11 Å². The maximum atomic E-state index is 10.7. The summed E-state index contributed by atoms with van der Waals surface area (Å²) < 4.78 is 4.33. The van der Waals surface area contributed by atoms with Gasteiger partial charge < -0.3 is 9.84 Å². The third kappa shape index (κ3) is 4.15. The maximum absolute atomic E-state index is 10.7. The Morgan fingerprint density at radius 2 is 2.27 bits per heavy atom. The lowest BCUT2D eigenvalue weighted by molar-refractivity contribution is -0.144. The monoisotopic (exact) mass is 196 g/mol. The van der Waals surface area contributed by atoms with Gasteiger partial charge in [-0.05, 0) is 0 Å². The molecule has 0 aliphatic rings. The molecule has 64 valence electrons. The van der Waals surface area contributed by atoms with Crippen molar-refractivity contribution in [3.63, 3.8) is 0 Å². The van der Waals surface area contributed by atoms with Crippen LogP contribution in [0.15, 0.2) is 0 Å². The second-order valence-electron chi connectivity index (χ2n) is 1.72. The van der Waals surface area contributed by atoms with Crippen molar-refractivity contribution in [1.29, 1.82) is 0 Å². The van der Waals surface area contributed by atoms with Crippen molar-refractivity contribution < 1.29 is 19.4 Å². The van der Waals surface area contributed by atoms with Gasteiger partial charge in [-0.15, -0.1) is 11.7 Å². The Morgan fingerprint density at radius 3 is 2.55 bits per heavy atom. The minimum atomic E-state index is -1.04. The molecule has 0 rings (SSSR count). The largest absolute Gasteiger partial charge is 0.481 e. The number of esters is 1. The first-order valence-electron chi connectivity index (χ1n) is 2.71. The number of carboxylic acids is 1. The summed E-state index contributed by atoms with van der Waals surface area (Å²) in [6.07, 6.45) is -0.263. The SMILES string of the molecule is COC(=O)C(CC(=O)O)SS. The lowest BCUT2D eigenvalue weighted by Gasteiger charge is -2.06. The number of aliphatic carboxylic acids is 1. The van der Waals surface area contributed by atoms with Crippen molar-refractivity contribution in [1.82, 2.24) is 0 Å². The fourth-order valence-corrected chi connectivity index (χ4v) is 1.33. The van der Waals surface area contributed by atoms with E-state index < -0.39 is 17.2 Å². The Balaban J connectivity index is 3.94. The summed E-state index contributed by atoms with van der Waals surface area (Å²) in [5.41, 5.74) is 0. The number of rotatable bonds is 4. The first kappa shape index (κ1) is 10.6. The lowest BCUT2D eigenvalue weighted by atomic mass is 10.3. The van der Waals surface area contributed by atoms with Gasteiger partial charge in [-0.1, -0.05) is 10.8 Å². The maximum Gasteiger partial charge on any atom is 0.320 e. The third-order valence-corrected chi connectivity index (χ3v) is 2.33. The Hall–Kier alpha value is -0.360. The van der Waals surface area contributed by atoms with Crippen molar-refractivity contribution >= 4 is 34.4 Å². The molecule has 4 nitrogen and oxygen atoms in total. The molecule has 0 fully saturated rings. The minimum Gasteiger partial charge on any atom is -0.481 e. The summed E-state index contributed by atoms with van der Waals surface area (Å²) in [6.45, 7) is 0. The molecule has 11 heavy (non-hydrogen) atoms.